The van der Waals surface area contributed by atoms with Crippen LogP contribution in [0.3, 0.4) is 0 Å². The molecule has 0 spiro atoms. The van der Waals surface area contributed by atoms with Gasteiger partial charge in [0.15, 0.2) is 5.65 Å². The molecule has 0 aliphatic rings. The minimum atomic E-state index is -0.660. The number of nitrogen functional groups attached to an aromatic ring is 1. The molecule has 4 aromatic rings. The largest absolute Gasteiger partial charge is 0.368 e. The van der Waals surface area contributed by atoms with Crippen molar-refractivity contribution in [2.45, 2.75) is 6.54 Å². The quantitative estimate of drug-likeness (QED) is 0.600. The van der Waals surface area contributed by atoms with E-state index in [1.165, 1.54) is 35.3 Å². The molecule has 0 aliphatic heterocycles. The van der Waals surface area contributed by atoms with Crippen molar-refractivity contribution in [1.29, 1.82) is 5.26 Å². The number of hydrogen-bond donors (Lipinski definition) is 1. The number of fused-ring (bicyclic) bond motifs is 1. The van der Waals surface area contributed by atoms with E-state index >= 15 is 0 Å². The minimum Gasteiger partial charge on any atom is -0.368 e. The third-order valence-electron chi connectivity index (χ3n) is 4.02. The van der Waals surface area contributed by atoms with E-state index in [1.54, 1.807) is 12.1 Å². The number of rotatable bonds is 3. The Labute approximate surface area is 151 Å². The molecule has 2 N–H and O–H groups in total. The summed E-state index contributed by atoms with van der Waals surface area (Å²) in [7, 11) is 0. The van der Waals surface area contributed by atoms with Gasteiger partial charge in [0.25, 0.3) is 0 Å². The van der Waals surface area contributed by atoms with Crippen LogP contribution < -0.4 is 5.73 Å². The number of nitriles is 1. The average Bonchev–Trinajstić information content (AvgIpc) is 3.07. The fourth-order valence-corrected chi connectivity index (χ4v) is 2.77. The van der Waals surface area contributed by atoms with E-state index in [1.807, 2.05) is 6.07 Å². The number of pyridine rings is 1. The normalized spacial score (nSPS) is 10.9. The highest BCUT2D eigenvalue weighted by molar-refractivity contribution is 5.88. The lowest BCUT2D eigenvalue weighted by Gasteiger charge is -2.08. The predicted molar refractivity (Wildman–Crippen MR) is 93.1 cm³/mol. The highest BCUT2D eigenvalue weighted by Crippen LogP contribution is 2.26. The second kappa shape index (κ2) is 6.42. The summed E-state index contributed by atoms with van der Waals surface area (Å²) in [6.45, 7) is -0.106. The average molecular weight is 363 g/mol. The first-order valence-electron chi connectivity index (χ1n) is 7.84. The molecular weight excluding hydrogens is 352 g/mol. The maximum atomic E-state index is 14.0. The number of aromatic nitrogens is 5. The molecule has 0 atom stereocenters. The lowest BCUT2D eigenvalue weighted by Crippen LogP contribution is -2.06. The third-order valence-corrected chi connectivity index (χ3v) is 4.02. The van der Waals surface area contributed by atoms with Gasteiger partial charge in [-0.15, -0.1) is 0 Å². The monoisotopic (exact) mass is 363 g/mol. The zero-order chi connectivity index (χ0) is 19.0. The first-order valence-corrected chi connectivity index (χ1v) is 7.84. The van der Waals surface area contributed by atoms with Crippen molar-refractivity contribution < 1.29 is 8.78 Å². The van der Waals surface area contributed by atoms with E-state index in [4.69, 9.17) is 11.0 Å². The Morgan fingerprint density at radius 3 is 2.63 bits per heavy atom. The minimum absolute atomic E-state index is 0.0245. The van der Waals surface area contributed by atoms with Crippen LogP contribution in [0.25, 0.3) is 22.4 Å². The molecule has 1 aromatic carbocycles. The summed E-state index contributed by atoms with van der Waals surface area (Å²) in [5, 5.41) is 9.04. The molecule has 0 radical (unpaired) electrons. The van der Waals surface area contributed by atoms with Gasteiger partial charge >= 0.3 is 0 Å². The molecule has 3 aromatic heterocycles. The second-order valence-corrected chi connectivity index (χ2v) is 5.72. The summed E-state index contributed by atoms with van der Waals surface area (Å²) < 4.78 is 29.5. The highest BCUT2D eigenvalue weighted by atomic mass is 19.1. The van der Waals surface area contributed by atoms with Gasteiger partial charge in [0, 0.05) is 17.3 Å². The molecule has 0 saturated carbocycles. The number of halogens is 2. The maximum Gasteiger partial charge on any atom is 0.222 e. The Bertz CT molecular complexity index is 1190. The van der Waals surface area contributed by atoms with Crippen molar-refractivity contribution in [1.82, 2.24) is 24.5 Å². The van der Waals surface area contributed by atoms with Crippen molar-refractivity contribution in [3.8, 4) is 17.3 Å². The fraction of sp³-hybridized carbons (Fsp3) is 0.0556. The number of anilines is 1. The standard InChI is InChI=1S/C18H11F2N7/c19-13-2-1-3-14(20)12(13)8-27-9-24-16-15(25-18(22)26-17(16)27)10-4-5-23-11(6-10)7-21/h1-6,9H,8H2,(H2,22,25,26). The maximum absolute atomic E-state index is 14.0. The van der Waals surface area contributed by atoms with Gasteiger partial charge in [-0.1, -0.05) is 6.07 Å². The molecule has 27 heavy (non-hydrogen) atoms. The summed E-state index contributed by atoms with van der Waals surface area (Å²) in [5.74, 6) is -1.35. The molecule has 0 aliphatic carbocycles. The van der Waals surface area contributed by atoms with Crippen molar-refractivity contribution in [2.75, 3.05) is 5.73 Å². The van der Waals surface area contributed by atoms with Crippen LogP contribution >= 0.6 is 0 Å². The van der Waals surface area contributed by atoms with Crippen LogP contribution in [-0.2, 0) is 6.54 Å². The molecule has 0 amide bonds. The van der Waals surface area contributed by atoms with Crippen molar-refractivity contribution in [3.05, 3.63) is 65.7 Å². The van der Waals surface area contributed by atoms with Crippen molar-refractivity contribution in [2.24, 2.45) is 0 Å². The number of nitrogens with zero attached hydrogens (tertiary/aromatic N) is 6. The molecule has 0 unspecified atom stereocenters. The van der Waals surface area contributed by atoms with Gasteiger partial charge in [0.2, 0.25) is 5.95 Å². The predicted octanol–water partition coefficient (Wildman–Crippen LogP) is 2.67. The summed E-state index contributed by atoms with van der Waals surface area (Å²) >= 11 is 0. The summed E-state index contributed by atoms with van der Waals surface area (Å²) in [6, 6.07) is 8.85. The number of imidazole rings is 1. The van der Waals surface area contributed by atoms with Gasteiger partial charge in [0.1, 0.15) is 34.6 Å². The van der Waals surface area contributed by atoms with E-state index in [0.29, 0.717) is 22.4 Å². The molecule has 0 fully saturated rings. The molecule has 7 nitrogen and oxygen atoms in total. The fourth-order valence-electron chi connectivity index (χ4n) is 2.77. The van der Waals surface area contributed by atoms with Crippen LogP contribution in [-0.4, -0.2) is 24.5 Å². The van der Waals surface area contributed by atoms with Gasteiger partial charge in [-0.3, -0.25) is 0 Å². The van der Waals surface area contributed by atoms with E-state index in [0.717, 1.165) is 0 Å². The molecule has 132 valence electrons. The van der Waals surface area contributed by atoms with Gasteiger partial charge in [-0.05, 0) is 24.3 Å². The van der Waals surface area contributed by atoms with E-state index in [9.17, 15) is 8.78 Å². The Morgan fingerprint density at radius 2 is 1.89 bits per heavy atom. The van der Waals surface area contributed by atoms with Gasteiger partial charge in [-0.2, -0.15) is 10.2 Å². The molecule has 4 rings (SSSR count). The van der Waals surface area contributed by atoms with Crippen LogP contribution in [0.2, 0.25) is 0 Å². The summed E-state index contributed by atoms with van der Waals surface area (Å²) in [5.41, 5.74) is 7.65. The summed E-state index contributed by atoms with van der Waals surface area (Å²) in [4.78, 5) is 16.6. The Balaban J connectivity index is 1.87. The van der Waals surface area contributed by atoms with E-state index < -0.39 is 11.6 Å². The van der Waals surface area contributed by atoms with Gasteiger partial charge < -0.3 is 10.3 Å². The van der Waals surface area contributed by atoms with Crippen LogP contribution in [0.1, 0.15) is 11.3 Å². The lowest BCUT2D eigenvalue weighted by molar-refractivity contribution is 0.546. The molecular formula is C18H11F2N7. The summed E-state index contributed by atoms with van der Waals surface area (Å²) in [6.07, 6.45) is 2.89. The second-order valence-electron chi connectivity index (χ2n) is 5.72. The smallest absolute Gasteiger partial charge is 0.222 e. The third kappa shape index (κ3) is 2.93. The Hall–Kier alpha value is -3.93. The Kier molecular flexibility index (Phi) is 3.93. The van der Waals surface area contributed by atoms with Crippen molar-refractivity contribution >= 4 is 17.1 Å². The van der Waals surface area contributed by atoms with E-state index in [2.05, 4.69) is 19.9 Å². The molecule has 3 heterocycles. The van der Waals surface area contributed by atoms with Gasteiger partial charge in [-0.25, -0.2) is 23.7 Å². The molecule has 9 heteroatoms. The SMILES string of the molecule is N#Cc1cc(-c2nc(N)nc3c2ncn3Cc2c(F)cccc2F)ccn1. The van der Waals surface area contributed by atoms with Crippen LogP contribution in [0, 0.1) is 23.0 Å². The van der Waals surface area contributed by atoms with Gasteiger partial charge in [0.05, 0.1) is 12.9 Å². The number of hydrogen-bond acceptors (Lipinski definition) is 6. The van der Waals surface area contributed by atoms with Crippen LogP contribution in [0.5, 0.6) is 0 Å². The zero-order valence-electron chi connectivity index (χ0n) is 13.8. The van der Waals surface area contributed by atoms with E-state index in [-0.39, 0.29) is 23.8 Å². The zero-order valence-corrected chi connectivity index (χ0v) is 13.8. The van der Waals surface area contributed by atoms with Crippen molar-refractivity contribution in [3.63, 3.8) is 0 Å². The molecule has 0 bridgehead atoms. The molecule has 0 saturated heterocycles. The first-order chi connectivity index (χ1) is 13.1. The van der Waals surface area contributed by atoms with Crippen LogP contribution in [0.15, 0.2) is 42.9 Å². The Morgan fingerprint density at radius 1 is 1.11 bits per heavy atom. The highest BCUT2D eigenvalue weighted by Gasteiger charge is 2.17. The topological polar surface area (TPSA) is 106 Å². The first kappa shape index (κ1) is 16.5. The van der Waals surface area contributed by atoms with Crippen LogP contribution in [0.4, 0.5) is 14.7 Å². The number of benzene rings is 1. The number of nitrogens with two attached hydrogens (primary N) is 1. The lowest BCUT2D eigenvalue weighted by atomic mass is 10.1.